The zero-order valence-electron chi connectivity index (χ0n) is 4.11. The van der Waals surface area contributed by atoms with E-state index < -0.39 is 0 Å². The van der Waals surface area contributed by atoms with Gasteiger partial charge in [0.25, 0.3) is 0 Å². The van der Waals surface area contributed by atoms with E-state index in [0.29, 0.717) is 12.5 Å². The second-order valence-corrected chi connectivity index (χ2v) is 1.41. The molecule has 48 valence electrons. The van der Waals surface area contributed by atoms with E-state index in [9.17, 15) is 4.79 Å². The molecule has 0 fully saturated rings. The van der Waals surface area contributed by atoms with Crippen LogP contribution < -0.4 is 0 Å². The van der Waals surface area contributed by atoms with Gasteiger partial charge in [0.1, 0.15) is 6.61 Å². The Morgan fingerprint density at radius 1 is 1.75 bits per heavy atom. The average Bonchev–Trinajstić information content (AvgIpc) is 1.61. The van der Waals surface area contributed by atoms with E-state index >= 15 is 0 Å². The van der Waals surface area contributed by atoms with E-state index in [0.717, 1.165) is 0 Å². The second kappa shape index (κ2) is 7.63. The van der Waals surface area contributed by atoms with Crippen molar-refractivity contribution in [3.05, 3.63) is 0 Å². The van der Waals surface area contributed by atoms with Gasteiger partial charge in [-0.15, -0.1) is 11.6 Å². The molecule has 4 heteroatoms. The summed E-state index contributed by atoms with van der Waals surface area (Å²) in [4.78, 5) is 9.92. The number of halogens is 1. The van der Waals surface area contributed by atoms with Crippen molar-refractivity contribution >= 4 is 43.4 Å². The second-order valence-electron chi connectivity index (χ2n) is 1.03. The molecule has 0 radical (unpaired) electrons. The van der Waals surface area contributed by atoms with Crippen LogP contribution in [0.15, 0.2) is 0 Å². The van der Waals surface area contributed by atoms with Crippen LogP contribution in [0.2, 0.25) is 0 Å². The number of esters is 1. The predicted octanol–water partition coefficient (Wildman–Crippen LogP) is -0.396. The Kier molecular flexibility index (Phi) is 10.9. The summed E-state index contributed by atoms with van der Waals surface area (Å²) in [5, 5.41) is 0. The minimum atomic E-state index is -0.277. The molecular formula is C4H10ClInO2. The Bertz CT molecular complexity index is 67.1. The first kappa shape index (κ1) is 11.4. The Balaban J connectivity index is 0. The maximum atomic E-state index is 9.92. The van der Waals surface area contributed by atoms with E-state index in [1.165, 1.54) is 6.92 Å². The Labute approximate surface area is 72.3 Å². The average molecular weight is 240 g/mol. The Hall–Kier alpha value is 0.630. The molecule has 0 heterocycles. The molecule has 0 rings (SSSR count). The van der Waals surface area contributed by atoms with Crippen LogP contribution >= 0.6 is 11.6 Å². The summed E-state index contributed by atoms with van der Waals surface area (Å²) in [5.74, 6) is 0.0974. The topological polar surface area (TPSA) is 26.3 Å². The van der Waals surface area contributed by atoms with Crippen LogP contribution in [0.1, 0.15) is 6.92 Å². The molecule has 0 aliphatic carbocycles. The summed E-state index contributed by atoms with van der Waals surface area (Å²) in [7, 11) is 0. The van der Waals surface area contributed by atoms with E-state index in [4.69, 9.17) is 11.6 Å². The van der Waals surface area contributed by atoms with Gasteiger partial charge in [0.2, 0.25) is 0 Å². The maximum absolute atomic E-state index is 9.92. The van der Waals surface area contributed by atoms with E-state index in [2.05, 4.69) is 4.74 Å². The van der Waals surface area contributed by atoms with Crippen molar-refractivity contribution in [1.82, 2.24) is 0 Å². The van der Waals surface area contributed by atoms with Crippen LogP contribution in [-0.2, 0) is 9.53 Å². The van der Waals surface area contributed by atoms with Crippen molar-refractivity contribution in [3.63, 3.8) is 0 Å². The molecule has 0 N–H and O–H groups in total. The molecule has 0 aromatic rings. The van der Waals surface area contributed by atoms with Gasteiger partial charge in [-0.2, -0.15) is 0 Å². The first-order valence-electron chi connectivity index (χ1n) is 1.96. The van der Waals surface area contributed by atoms with Gasteiger partial charge in [-0.1, -0.05) is 0 Å². The molecule has 0 bridgehead atoms. The van der Waals surface area contributed by atoms with Gasteiger partial charge in [0.15, 0.2) is 0 Å². The van der Waals surface area contributed by atoms with Crippen molar-refractivity contribution in [2.45, 2.75) is 6.92 Å². The van der Waals surface area contributed by atoms with Crippen LogP contribution in [0.3, 0.4) is 0 Å². The summed E-state index contributed by atoms with van der Waals surface area (Å²) >= 11 is 5.17. The zero-order chi connectivity index (χ0) is 5.70. The van der Waals surface area contributed by atoms with Crippen molar-refractivity contribution < 1.29 is 9.53 Å². The van der Waals surface area contributed by atoms with Gasteiger partial charge in [-0.25, -0.2) is 0 Å². The van der Waals surface area contributed by atoms with E-state index in [-0.39, 0.29) is 31.8 Å². The standard InChI is InChI=1S/C4H7ClO2.In.3H/c1-4(6)7-3-2-5;;;;/h2-3H2,1H3;;;;. The number of carbonyl (C=O) groups excluding carboxylic acids is 1. The van der Waals surface area contributed by atoms with Gasteiger partial charge in [-0.3, -0.25) is 4.79 Å². The first-order chi connectivity index (χ1) is 3.27. The van der Waals surface area contributed by atoms with Crippen LogP contribution in [0.4, 0.5) is 0 Å². The summed E-state index contributed by atoms with van der Waals surface area (Å²) < 4.78 is 4.42. The number of rotatable bonds is 2. The van der Waals surface area contributed by atoms with Crippen LogP contribution in [0, 0.1) is 0 Å². The van der Waals surface area contributed by atoms with Crippen LogP contribution in [-0.4, -0.2) is 44.3 Å². The summed E-state index contributed by atoms with van der Waals surface area (Å²) in [5.41, 5.74) is 0. The van der Waals surface area contributed by atoms with Crippen LogP contribution in [0.25, 0.3) is 0 Å². The van der Waals surface area contributed by atoms with E-state index in [1.807, 2.05) is 0 Å². The van der Waals surface area contributed by atoms with Gasteiger partial charge in [0.05, 0.1) is 5.88 Å². The van der Waals surface area contributed by atoms with Crippen molar-refractivity contribution in [2.75, 3.05) is 12.5 Å². The van der Waals surface area contributed by atoms with Gasteiger partial charge >= 0.3 is 31.8 Å². The van der Waals surface area contributed by atoms with Gasteiger partial charge in [0, 0.05) is 6.92 Å². The third-order valence-corrected chi connectivity index (χ3v) is 0.537. The molecule has 8 heavy (non-hydrogen) atoms. The third-order valence-electron chi connectivity index (χ3n) is 0.382. The summed E-state index contributed by atoms with van der Waals surface area (Å²) in [6.45, 7) is 1.67. The molecule has 0 aromatic heterocycles. The molecule has 0 aromatic carbocycles. The van der Waals surface area contributed by atoms with Crippen molar-refractivity contribution in [1.29, 1.82) is 0 Å². The molecule has 0 atom stereocenters. The fraction of sp³-hybridized carbons (Fsp3) is 0.750. The van der Waals surface area contributed by atoms with Crippen molar-refractivity contribution in [3.8, 4) is 0 Å². The first-order valence-corrected chi connectivity index (χ1v) is 2.50. The Morgan fingerprint density at radius 3 is 2.38 bits per heavy atom. The molecule has 0 spiro atoms. The number of ether oxygens (including phenoxy) is 1. The quantitative estimate of drug-likeness (QED) is 0.485. The van der Waals surface area contributed by atoms with E-state index in [1.54, 1.807) is 0 Å². The minimum absolute atomic E-state index is 0. The molecular weight excluding hydrogens is 230 g/mol. The zero-order valence-corrected chi connectivity index (χ0v) is 4.86. The molecule has 0 unspecified atom stereocenters. The SMILES string of the molecule is CC(=O)OCCCl.[InH3]. The number of alkyl halides is 1. The predicted molar refractivity (Wildman–Crippen MR) is 37.3 cm³/mol. The number of carbonyl (C=O) groups is 1. The van der Waals surface area contributed by atoms with Crippen molar-refractivity contribution in [2.24, 2.45) is 0 Å². The summed E-state index contributed by atoms with van der Waals surface area (Å²) in [6, 6.07) is 0. The number of hydrogen-bond acceptors (Lipinski definition) is 2. The Morgan fingerprint density at radius 2 is 2.25 bits per heavy atom. The molecule has 0 saturated carbocycles. The van der Waals surface area contributed by atoms with Gasteiger partial charge in [-0.05, 0) is 0 Å². The molecule has 0 amide bonds. The fourth-order valence-electron chi connectivity index (χ4n) is 0.182. The molecule has 0 aliphatic rings. The van der Waals surface area contributed by atoms with Gasteiger partial charge < -0.3 is 4.74 Å². The molecule has 2 nitrogen and oxygen atoms in total. The number of hydrogen-bond donors (Lipinski definition) is 0. The van der Waals surface area contributed by atoms with Crippen LogP contribution in [0.5, 0.6) is 0 Å². The molecule has 0 saturated heterocycles. The fourth-order valence-corrected chi connectivity index (χ4v) is 0.259. The third kappa shape index (κ3) is 9.80. The monoisotopic (exact) mass is 240 g/mol. The molecule has 0 aliphatic heterocycles. The normalized spacial score (nSPS) is 7.25. The summed E-state index contributed by atoms with van der Waals surface area (Å²) in [6.07, 6.45) is 0.